The molecular weight excluding hydrogens is 220 g/mol. The molecule has 1 aromatic carbocycles. The third-order valence-corrected chi connectivity index (χ3v) is 1.63. The van der Waals surface area contributed by atoms with Crippen LogP contribution in [0.15, 0.2) is 24.3 Å². The number of benzene rings is 1. The van der Waals surface area contributed by atoms with Crippen LogP contribution in [0.5, 0.6) is 0 Å². The lowest BCUT2D eigenvalue weighted by Crippen LogP contribution is -2.07. The Morgan fingerprint density at radius 3 is 1.57 bits per heavy atom. The maximum Gasteiger partial charge on any atom is 0.280 e. The third kappa shape index (κ3) is 3.31. The third-order valence-electron chi connectivity index (χ3n) is 1.41. The molecule has 0 saturated heterocycles. The summed E-state index contributed by atoms with van der Waals surface area (Å²) >= 11 is 7.13. The number of rotatable bonds is 2. The minimum Gasteiger partial charge on any atom is -0.315 e. The SMILES string of the molecule is O=C(S)Nc1ccccc1NC(=O)S. The summed E-state index contributed by atoms with van der Waals surface area (Å²) < 4.78 is 0. The fourth-order valence-corrected chi connectivity index (χ4v) is 1.17. The number of carbonyl (C=O) groups is 2. The van der Waals surface area contributed by atoms with Crippen LogP contribution in [-0.4, -0.2) is 10.5 Å². The van der Waals surface area contributed by atoms with E-state index in [-0.39, 0.29) is 0 Å². The zero-order valence-corrected chi connectivity index (χ0v) is 8.81. The lowest BCUT2D eigenvalue weighted by atomic mass is 10.2. The summed E-state index contributed by atoms with van der Waals surface area (Å²) in [5, 5.41) is 3.92. The van der Waals surface area contributed by atoms with E-state index in [1.807, 2.05) is 0 Å². The van der Waals surface area contributed by atoms with Crippen LogP contribution in [-0.2, 0) is 0 Å². The molecule has 0 unspecified atom stereocenters. The summed E-state index contributed by atoms with van der Waals surface area (Å²) in [5.74, 6) is 0. The molecule has 2 N–H and O–H groups in total. The molecule has 14 heavy (non-hydrogen) atoms. The average molecular weight is 228 g/mol. The van der Waals surface area contributed by atoms with E-state index in [0.717, 1.165) is 0 Å². The minimum absolute atomic E-state index is 0.481. The highest BCUT2D eigenvalue weighted by atomic mass is 32.1. The number of amides is 2. The molecule has 0 radical (unpaired) electrons. The zero-order valence-electron chi connectivity index (χ0n) is 7.02. The van der Waals surface area contributed by atoms with Crippen molar-refractivity contribution in [1.82, 2.24) is 0 Å². The number of hydrogen-bond acceptors (Lipinski definition) is 2. The molecular formula is C8H8N2O2S2. The Balaban J connectivity index is 2.90. The maximum absolute atomic E-state index is 10.7. The van der Waals surface area contributed by atoms with Crippen molar-refractivity contribution >= 4 is 47.1 Å². The Morgan fingerprint density at radius 2 is 1.29 bits per heavy atom. The second-order valence-electron chi connectivity index (χ2n) is 2.41. The van der Waals surface area contributed by atoms with Crippen molar-refractivity contribution < 1.29 is 9.59 Å². The summed E-state index contributed by atoms with van der Waals surface area (Å²) in [6, 6.07) is 6.75. The van der Waals surface area contributed by atoms with E-state index in [4.69, 9.17) is 0 Å². The van der Waals surface area contributed by atoms with Crippen molar-refractivity contribution in [2.75, 3.05) is 10.6 Å². The number of hydrogen-bond donors (Lipinski definition) is 4. The summed E-state index contributed by atoms with van der Waals surface area (Å²) in [5.41, 5.74) is 0.963. The molecule has 0 spiro atoms. The minimum atomic E-state index is -0.495. The van der Waals surface area contributed by atoms with Gasteiger partial charge in [-0.15, -0.1) is 0 Å². The fraction of sp³-hybridized carbons (Fsp3) is 0. The van der Waals surface area contributed by atoms with Crippen molar-refractivity contribution in [2.45, 2.75) is 0 Å². The molecule has 0 saturated carbocycles. The molecule has 0 fully saturated rings. The van der Waals surface area contributed by atoms with Gasteiger partial charge in [0.2, 0.25) is 0 Å². The molecule has 0 atom stereocenters. The zero-order chi connectivity index (χ0) is 10.6. The van der Waals surface area contributed by atoms with E-state index < -0.39 is 10.5 Å². The van der Waals surface area contributed by atoms with E-state index in [1.165, 1.54) is 0 Å². The second-order valence-corrected chi connectivity index (χ2v) is 3.22. The van der Waals surface area contributed by atoms with Crippen LogP contribution >= 0.6 is 25.3 Å². The number of carbonyl (C=O) groups excluding carboxylic acids is 2. The summed E-state index contributed by atoms with van der Waals surface area (Å²) in [4.78, 5) is 21.3. The smallest absolute Gasteiger partial charge is 0.280 e. The molecule has 2 amide bonds. The van der Waals surface area contributed by atoms with Gasteiger partial charge in [0.1, 0.15) is 0 Å². The van der Waals surface area contributed by atoms with Gasteiger partial charge < -0.3 is 10.6 Å². The molecule has 0 bridgehead atoms. The summed E-state index contributed by atoms with van der Waals surface area (Å²) in [6.07, 6.45) is 0. The largest absolute Gasteiger partial charge is 0.315 e. The molecule has 1 aromatic rings. The predicted octanol–water partition coefficient (Wildman–Crippen LogP) is 2.61. The summed E-state index contributed by atoms with van der Waals surface area (Å²) in [7, 11) is 0. The van der Waals surface area contributed by atoms with Gasteiger partial charge in [-0.05, 0) is 12.1 Å². The van der Waals surface area contributed by atoms with Gasteiger partial charge in [-0.25, -0.2) is 0 Å². The van der Waals surface area contributed by atoms with Crippen LogP contribution < -0.4 is 10.6 Å². The first kappa shape index (κ1) is 10.9. The molecule has 6 heteroatoms. The van der Waals surface area contributed by atoms with E-state index in [0.29, 0.717) is 11.4 Å². The Hall–Kier alpha value is -1.14. The lowest BCUT2D eigenvalue weighted by molar-refractivity contribution is 0.269. The fourth-order valence-electron chi connectivity index (χ4n) is 0.932. The molecule has 74 valence electrons. The van der Waals surface area contributed by atoms with E-state index >= 15 is 0 Å². The Labute approximate surface area is 91.9 Å². The van der Waals surface area contributed by atoms with Crippen LogP contribution in [0.25, 0.3) is 0 Å². The highest BCUT2D eigenvalue weighted by molar-refractivity contribution is 7.97. The molecule has 0 aliphatic carbocycles. The number of thiol groups is 2. The van der Waals surface area contributed by atoms with Crippen molar-refractivity contribution in [3.63, 3.8) is 0 Å². The second kappa shape index (κ2) is 4.92. The Morgan fingerprint density at radius 1 is 0.929 bits per heavy atom. The predicted molar refractivity (Wildman–Crippen MR) is 62.5 cm³/mol. The highest BCUT2D eigenvalue weighted by Crippen LogP contribution is 2.21. The number of nitrogens with one attached hydrogen (secondary N) is 2. The Kier molecular flexibility index (Phi) is 3.84. The van der Waals surface area contributed by atoms with Gasteiger partial charge in [0.15, 0.2) is 0 Å². The van der Waals surface area contributed by atoms with Crippen LogP contribution in [0.3, 0.4) is 0 Å². The normalized spacial score (nSPS) is 9.29. The van der Waals surface area contributed by atoms with Gasteiger partial charge >= 0.3 is 0 Å². The van der Waals surface area contributed by atoms with Gasteiger partial charge in [0, 0.05) is 0 Å². The summed E-state index contributed by atoms with van der Waals surface area (Å²) in [6.45, 7) is 0. The van der Waals surface area contributed by atoms with E-state index in [1.54, 1.807) is 24.3 Å². The number of para-hydroxylation sites is 2. The van der Waals surface area contributed by atoms with Crippen molar-refractivity contribution in [3.05, 3.63) is 24.3 Å². The molecule has 0 aliphatic rings. The van der Waals surface area contributed by atoms with Crippen LogP contribution in [0.1, 0.15) is 0 Å². The average Bonchev–Trinajstić information content (AvgIpc) is 2.06. The molecule has 0 aromatic heterocycles. The molecule has 0 aliphatic heterocycles. The van der Waals surface area contributed by atoms with Gasteiger partial charge in [-0.3, -0.25) is 9.59 Å². The molecule has 1 rings (SSSR count). The standard InChI is InChI=1S/C8H8N2O2S2/c11-7(13)9-5-3-1-2-4-6(5)10-8(12)14/h1-4H,(H2,9,11,13)(H2,10,12,14). The van der Waals surface area contributed by atoms with E-state index in [2.05, 4.69) is 35.9 Å². The monoisotopic (exact) mass is 228 g/mol. The van der Waals surface area contributed by atoms with Crippen molar-refractivity contribution in [2.24, 2.45) is 0 Å². The first-order valence-electron chi connectivity index (χ1n) is 3.68. The quantitative estimate of drug-likeness (QED) is 0.588. The highest BCUT2D eigenvalue weighted by Gasteiger charge is 2.04. The first-order valence-corrected chi connectivity index (χ1v) is 4.58. The topological polar surface area (TPSA) is 58.2 Å². The van der Waals surface area contributed by atoms with E-state index in [9.17, 15) is 9.59 Å². The Bertz CT molecular complexity index is 333. The molecule has 0 heterocycles. The van der Waals surface area contributed by atoms with Crippen LogP contribution in [0.2, 0.25) is 0 Å². The van der Waals surface area contributed by atoms with Crippen molar-refractivity contribution in [1.29, 1.82) is 0 Å². The molecule has 4 nitrogen and oxygen atoms in total. The first-order chi connectivity index (χ1) is 6.59. The van der Waals surface area contributed by atoms with Gasteiger partial charge in [0.25, 0.3) is 10.5 Å². The van der Waals surface area contributed by atoms with Crippen LogP contribution in [0.4, 0.5) is 21.0 Å². The maximum atomic E-state index is 10.7. The van der Waals surface area contributed by atoms with Gasteiger partial charge in [-0.1, -0.05) is 37.4 Å². The van der Waals surface area contributed by atoms with Crippen LogP contribution in [0, 0.1) is 0 Å². The van der Waals surface area contributed by atoms with Gasteiger partial charge in [-0.2, -0.15) is 0 Å². The van der Waals surface area contributed by atoms with Gasteiger partial charge in [0.05, 0.1) is 11.4 Å². The number of anilines is 2. The van der Waals surface area contributed by atoms with Crippen molar-refractivity contribution in [3.8, 4) is 0 Å². The lowest BCUT2D eigenvalue weighted by Gasteiger charge is -2.08.